The third-order valence-corrected chi connectivity index (χ3v) is 5.44. The molecule has 2 aromatic rings. The Morgan fingerprint density at radius 2 is 2.07 bits per heavy atom. The number of fused-ring (bicyclic) bond motifs is 4. The van der Waals surface area contributed by atoms with Gasteiger partial charge in [0.15, 0.2) is 11.3 Å². The number of nitrogens with one attached hydrogen (secondary N) is 1. The van der Waals surface area contributed by atoms with Gasteiger partial charge in [-0.3, -0.25) is 9.69 Å². The van der Waals surface area contributed by atoms with E-state index in [2.05, 4.69) is 22.1 Å². The molecule has 142 valence electrons. The summed E-state index contributed by atoms with van der Waals surface area (Å²) in [5.41, 5.74) is 0.497. The van der Waals surface area contributed by atoms with Gasteiger partial charge in [0.25, 0.3) is 5.91 Å². The van der Waals surface area contributed by atoms with Crippen LogP contribution in [0.5, 0.6) is 0 Å². The van der Waals surface area contributed by atoms with Crippen LogP contribution >= 0.6 is 0 Å². The normalized spacial score (nSPS) is 27.3. The molecule has 2 aromatic heterocycles. The summed E-state index contributed by atoms with van der Waals surface area (Å²) in [7, 11) is 0. The molecule has 3 saturated heterocycles. The van der Waals surface area contributed by atoms with Gasteiger partial charge < -0.3 is 9.73 Å². The Morgan fingerprint density at radius 1 is 1.33 bits per heavy atom. The first-order valence-corrected chi connectivity index (χ1v) is 8.84. The van der Waals surface area contributed by atoms with Crippen molar-refractivity contribution < 1.29 is 22.4 Å². The topological polar surface area (TPSA) is 58.4 Å². The molecule has 2 bridgehead atoms. The molecule has 8 heteroatoms. The molecule has 0 unspecified atom stereocenters. The van der Waals surface area contributed by atoms with Crippen molar-refractivity contribution in [2.75, 3.05) is 13.1 Å². The first-order valence-electron chi connectivity index (χ1n) is 8.84. The molecule has 0 aromatic carbocycles. The minimum atomic E-state index is -4.59. The SMILES string of the molecule is C[C@H]1[C@H](NC(=O)c2cc3cc(C#CC(F)(F)F)oc3cn2)C2CCN1CC2. The molecule has 0 spiro atoms. The molecular weight excluding hydrogens is 359 g/mol. The molecule has 3 aliphatic heterocycles. The zero-order valence-corrected chi connectivity index (χ0v) is 14.6. The number of carbonyl (C=O) groups is 1. The number of aromatic nitrogens is 1. The number of alkyl halides is 3. The quantitative estimate of drug-likeness (QED) is 0.818. The lowest BCUT2D eigenvalue weighted by molar-refractivity contribution is -0.0697. The molecule has 27 heavy (non-hydrogen) atoms. The van der Waals surface area contributed by atoms with Gasteiger partial charge in [-0.05, 0) is 50.8 Å². The van der Waals surface area contributed by atoms with Crippen LogP contribution in [-0.4, -0.2) is 47.1 Å². The second kappa shape index (κ2) is 6.57. The van der Waals surface area contributed by atoms with E-state index in [0.717, 1.165) is 31.9 Å². The smallest absolute Gasteiger partial charge is 0.446 e. The average Bonchev–Trinajstić information content (AvgIpc) is 3.05. The Bertz CT molecular complexity index is 931. The van der Waals surface area contributed by atoms with Crippen LogP contribution in [0, 0.1) is 17.8 Å². The highest BCUT2D eigenvalue weighted by Crippen LogP contribution is 2.32. The van der Waals surface area contributed by atoms with Crippen molar-refractivity contribution >= 4 is 16.9 Å². The van der Waals surface area contributed by atoms with E-state index in [-0.39, 0.29) is 35.0 Å². The summed E-state index contributed by atoms with van der Waals surface area (Å²) in [5.74, 6) is 3.16. The monoisotopic (exact) mass is 377 g/mol. The fourth-order valence-electron chi connectivity index (χ4n) is 4.03. The van der Waals surface area contributed by atoms with E-state index in [1.807, 2.05) is 5.92 Å². The molecule has 3 aliphatic rings. The van der Waals surface area contributed by atoms with Gasteiger partial charge in [0.2, 0.25) is 0 Å². The number of piperidine rings is 3. The van der Waals surface area contributed by atoms with E-state index >= 15 is 0 Å². The van der Waals surface area contributed by atoms with E-state index in [1.54, 1.807) is 0 Å². The van der Waals surface area contributed by atoms with E-state index in [9.17, 15) is 18.0 Å². The van der Waals surface area contributed by atoms with Crippen LogP contribution in [0.2, 0.25) is 0 Å². The van der Waals surface area contributed by atoms with Crippen molar-refractivity contribution in [2.45, 2.75) is 38.0 Å². The summed E-state index contributed by atoms with van der Waals surface area (Å²) in [6.07, 6.45) is -1.10. The second-order valence-corrected chi connectivity index (χ2v) is 7.08. The van der Waals surface area contributed by atoms with Crippen LogP contribution in [0.15, 0.2) is 22.7 Å². The Hall–Kier alpha value is -2.53. The zero-order valence-electron chi connectivity index (χ0n) is 14.6. The van der Waals surface area contributed by atoms with E-state index in [1.165, 1.54) is 18.3 Å². The van der Waals surface area contributed by atoms with Crippen LogP contribution < -0.4 is 5.32 Å². The van der Waals surface area contributed by atoms with Crippen LogP contribution in [-0.2, 0) is 0 Å². The first kappa shape index (κ1) is 17.9. The van der Waals surface area contributed by atoms with E-state index in [4.69, 9.17) is 4.42 Å². The third-order valence-electron chi connectivity index (χ3n) is 5.44. The maximum absolute atomic E-state index is 12.6. The second-order valence-electron chi connectivity index (χ2n) is 7.08. The number of hydrogen-bond acceptors (Lipinski definition) is 4. The highest BCUT2D eigenvalue weighted by Gasteiger charge is 2.40. The number of nitrogens with zero attached hydrogens (tertiary/aromatic N) is 2. The Kier molecular flexibility index (Phi) is 4.35. The van der Waals surface area contributed by atoms with Crippen molar-refractivity contribution in [3.05, 3.63) is 29.8 Å². The van der Waals surface area contributed by atoms with Gasteiger partial charge in [-0.2, -0.15) is 13.2 Å². The third kappa shape index (κ3) is 3.65. The first-order chi connectivity index (χ1) is 12.8. The van der Waals surface area contributed by atoms with Gasteiger partial charge in [-0.1, -0.05) is 0 Å². The summed E-state index contributed by atoms with van der Waals surface area (Å²) in [5, 5.41) is 3.57. The Balaban J connectivity index is 1.53. The summed E-state index contributed by atoms with van der Waals surface area (Å²) in [6, 6.07) is 3.25. The van der Waals surface area contributed by atoms with Crippen LogP contribution in [0.1, 0.15) is 36.0 Å². The number of rotatable bonds is 2. The summed E-state index contributed by atoms with van der Waals surface area (Å²) in [4.78, 5) is 19.1. The zero-order chi connectivity index (χ0) is 19.2. The molecule has 5 nitrogen and oxygen atoms in total. The summed E-state index contributed by atoms with van der Waals surface area (Å²) in [6.45, 7) is 4.26. The number of halogens is 3. The molecule has 0 radical (unpaired) electrons. The Labute approximate surface area is 153 Å². The molecule has 0 saturated carbocycles. The predicted octanol–water partition coefficient (Wildman–Crippen LogP) is 2.95. The van der Waals surface area contributed by atoms with Crippen molar-refractivity contribution in [3.63, 3.8) is 0 Å². The molecular formula is C19H18F3N3O2. The fraction of sp³-hybridized carbons (Fsp3) is 0.474. The van der Waals surface area contributed by atoms with Crippen molar-refractivity contribution in [2.24, 2.45) is 5.92 Å². The van der Waals surface area contributed by atoms with Gasteiger partial charge >= 0.3 is 6.18 Å². The van der Waals surface area contributed by atoms with Gasteiger partial charge in [-0.25, -0.2) is 4.98 Å². The molecule has 3 fully saturated rings. The number of carbonyl (C=O) groups excluding carboxylic acids is 1. The lowest BCUT2D eigenvalue weighted by Gasteiger charge is -2.49. The van der Waals surface area contributed by atoms with Crippen LogP contribution in [0.25, 0.3) is 11.0 Å². The van der Waals surface area contributed by atoms with Gasteiger partial charge in [0.1, 0.15) is 5.69 Å². The summed E-state index contributed by atoms with van der Waals surface area (Å²) < 4.78 is 41.8. The van der Waals surface area contributed by atoms with Crippen molar-refractivity contribution in [3.8, 4) is 11.8 Å². The fourth-order valence-corrected chi connectivity index (χ4v) is 4.03. The largest absolute Gasteiger partial charge is 0.458 e. The highest BCUT2D eigenvalue weighted by molar-refractivity contribution is 5.96. The van der Waals surface area contributed by atoms with Gasteiger partial charge in [0, 0.05) is 29.5 Å². The average molecular weight is 377 g/mol. The standard InChI is InChI=1S/C19H18F3N3O2/c1-11-17(12-3-6-25(11)7-4-12)24-18(26)15-9-13-8-14(2-5-19(20,21)22)27-16(13)10-23-15/h8-12,17H,3-4,6-7H2,1H3,(H,24,26)/t11-,17-/m0/s1. The lowest BCUT2D eigenvalue weighted by Crippen LogP contribution is -2.62. The highest BCUT2D eigenvalue weighted by atomic mass is 19.4. The summed E-state index contributed by atoms with van der Waals surface area (Å²) >= 11 is 0. The minimum Gasteiger partial charge on any atom is -0.446 e. The lowest BCUT2D eigenvalue weighted by atomic mass is 9.79. The van der Waals surface area contributed by atoms with E-state index in [0.29, 0.717) is 11.3 Å². The number of pyridine rings is 1. The molecule has 0 aliphatic carbocycles. The molecule has 2 atom stereocenters. The minimum absolute atomic E-state index is 0.0788. The number of furan rings is 1. The van der Waals surface area contributed by atoms with Crippen molar-refractivity contribution in [1.82, 2.24) is 15.2 Å². The van der Waals surface area contributed by atoms with Crippen molar-refractivity contribution in [1.29, 1.82) is 0 Å². The maximum Gasteiger partial charge on any atom is 0.458 e. The molecule has 5 heterocycles. The predicted molar refractivity (Wildman–Crippen MR) is 92.0 cm³/mol. The van der Waals surface area contributed by atoms with Gasteiger partial charge in [-0.15, -0.1) is 0 Å². The number of amides is 1. The van der Waals surface area contributed by atoms with Crippen LogP contribution in [0.4, 0.5) is 13.2 Å². The molecule has 1 amide bonds. The van der Waals surface area contributed by atoms with Crippen LogP contribution in [0.3, 0.4) is 0 Å². The Morgan fingerprint density at radius 3 is 2.74 bits per heavy atom. The molecule has 1 N–H and O–H groups in total. The maximum atomic E-state index is 12.6. The molecule has 5 rings (SSSR count). The number of hydrogen-bond donors (Lipinski definition) is 1. The van der Waals surface area contributed by atoms with Gasteiger partial charge in [0.05, 0.1) is 6.20 Å². The van der Waals surface area contributed by atoms with E-state index < -0.39 is 6.18 Å².